The molecule has 9 heteroatoms. The van der Waals surface area contributed by atoms with Crippen LogP contribution in [0.4, 0.5) is 10.1 Å². The molecule has 0 atom stereocenters. The zero-order valence-electron chi connectivity index (χ0n) is 16.4. The van der Waals surface area contributed by atoms with E-state index in [1.807, 2.05) is 0 Å². The maximum atomic E-state index is 13.7. The minimum Gasteiger partial charge on any atom is -0.493 e. The monoisotopic (exact) mass is 423 g/mol. The molecule has 0 heterocycles. The molecule has 0 radical (unpaired) electrons. The van der Waals surface area contributed by atoms with Gasteiger partial charge in [-0.1, -0.05) is 24.3 Å². The van der Waals surface area contributed by atoms with Crippen molar-refractivity contribution in [2.45, 2.75) is 6.61 Å². The van der Waals surface area contributed by atoms with Crippen LogP contribution in [0.3, 0.4) is 0 Å². The van der Waals surface area contributed by atoms with Crippen LogP contribution >= 0.6 is 0 Å². The molecule has 0 aliphatic carbocycles. The van der Waals surface area contributed by atoms with Gasteiger partial charge < -0.3 is 9.47 Å². The van der Waals surface area contributed by atoms with E-state index in [9.17, 15) is 19.3 Å². The SMILES string of the molecule is COc1cc(/C=N/NC(=O)c2cccc([N+](=O)[O-])c2)ccc1OCc1ccccc1F. The van der Waals surface area contributed by atoms with Gasteiger partial charge in [0.25, 0.3) is 11.6 Å². The van der Waals surface area contributed by atoms with E-state index in [0.29, 0.717) is 22.6 Å². The summed E-state index contributed by atoms with van der Waals surface area (Å²) >= 11 is 0. The molecule has 0 aromatic heterocycles. The van der Waals surface area contributed by atoms with Gasteiger partial charge in [-0.15, -0.1) is 0 Å². The Morgan fingerprint density at radius 2 is 1.94 bits per heavy atom. The number of nitro benzene ring substituents is 1. The number of nitro groups is 1. The fraction of sp³-hybridized carbons (Fsp3) is 0.0909. The molecule has 0 fully saturated rings. The van der Waals surface area contributed by atoms with E-state index in [0.717, 1.165) is 6.07 Å². The lowest BCUT2D eigenvalue weighted by atomic mass is 10.2. The van der Waals surface area contributed by atoms with Gasteiger partial charge in [0, 0.05) is 23.3 Å². The van der Waals surface area contributed by atoms with Crippen LogP contribution in [0.2, 0.25) is 0 Å². The first kappa shape index (κ1) is 21.4. The van der Waals surface area contributed by atoms with Gasteiger partial charge >= 0.3 is 0 Å². The van der Waals surface area contributed by atoms with Gasteiger partial charge in [-0.25, -0.2) is 9.82 Å². The third-order valence-corrected chi connectivity index (χ3v) is 4.23. The van der Waals surface area contributed by atoms with Gasteiger partial charge in [0.1, 0.15) is 12.4 Å². The number of carbonyl (C=O) groups is 1. The number of nitrogens with zero attached hydrogens (tertiary/aromatic N) is 2. The van der Waals surface area contributed by atoms with E-state index in [4.69, 9.17) is 9.47 Å². The first-order valence-electron chi connectivity index (χ1n) is 9.10. The molecule has 1 N–H and O–H groups in total. The maximum absolute atomic E-state index is 13.7. The van der Waals surface area contributed by atoms with E-state index in [2.05, 4.69) is 10.5 Å². The lowest BCUT2D eigenvalue weighted by Crippen LogP contribution is -2.17. The second kappa shape index (κ2) is 9.97. The summed E-state index contributed by atoms with van der Waals surface area (Å²) in [5.74, 6) is -0.115. The van der Waals surface area contributed by atoms with Gasteiger partial charge in [0.05, 0.1) is 18.2 Å². The molecular formula is C22H18FN3O5. The number of benzene rings is 3. The van der Waals surface area contributed by atoms with Gasteiger partial charge in [-0.05, 0) is 35.9 Å². The summed E-state index contributed by atoms with van der Waals surface area (Å²) in [4.78, 5) is 22.3. The Morgan fingerprint density at radius 1 is 1.13 bits per heavy atom. The Bertz CT molecular complexity index is 1130. The summed E-state index contributed by atoms with van der Waals surface area (Å²) in [6.45, 7) is 0.0374. The number of carbonyl (C=O) groups excluding carboxylic acids is 1. The number of halogens is 1. The molecule has 0 aliphatic rings. The van der Waals surface area contributed by atoms with Crippen molar-refractivity contribution in [1.29, 1.82) is 0 Å². The zero-order chi connectivity index (χ0) is 22.2. The van der Waals surface area contributed by atoms with Crippen LogP contribution in [0.25, 0.3) is 0 Å². The van der Waals surface area contributed by atoms with Crippen LogP contribution in [0.1, 0.15) is 21.5 Å². The summed E-state index contributed by atoms with van der Waals surface area (Å²) in [5, 5.41) is 14.7. The largest absolute Gasteiger partial charge is 0.493 e. The Labute approximate surface area is 177 Å². The summed E-state index contributed by atoms with van der Waals surface area (Å²) in [6, 6.07) is 16.6. The molecule has 31 heavy (non-hydrogen) atoms. The maximum Gasteiger partial charge on any atom is 0.271 e. The summed E-state index contributed by atoms with van der Waals surface area (Å²) in [7, 11) is 1.47. The van der Waals surface area contributed by atoms with Crippen molar-refractivity contribution in [3.8, 4) is 11.5 Å². The average Bonchev–Trinajstić information content (AvgIpc) is 2.79. The van der Waals surface area contributed by atoms with Crippen molar-refractivity contribution in [3.05, 3.63) is 99.4 Å². The van der Waals surface area contributed by atoms with E-state index in [-0.39, 0.29) is 23.7 Å². The second-order valence-electron chi connectivity index (χ2n) is 6.30. The average molecular weight is 423 g/mol. The molecule has 0 bridgehead atoms. The second-order valence-corrected chi connectivity index (χ2v) is 6.30. The van der Waals surface area contributed by atoms with Crippen LogP contribution in [0, 0.1) is 15.9 Å². The first-order chi connectivity index (χ1) is 15.0. The highest BCUT2D eigenvalue weighted by atomic mass is 19.1. The van der Waals surface area contributed by atoms with Crippen LogP contribution in [-0.4, -0.2) is 24.2 Å². The third kappa shape index (κ3) is 5.63. The number of rotatable bonds is 8. The normalized spacial score (nSPS) is 10.6. The lowest BCUT2D eigenvalue weighted by Gasteiger charge is -2.11. The molecule has 1 amide bonds. The Kier molecular flexibility index (Phi) is 6.89. The lowest BCUT2D eigenvalue weighted by molar-refractivity contribution is -0.384. The quantitative estimate of drug-likeness (QED) is 0.334. The molecule has 3 rings (SSSR count). The topological polar surface area (TPSA) is 103 Å². The minimum atomic E-state index is -0.586. The molecule has 0 saturated carbocycles. The highest BCUT2D eigenvalue weighted by Gasteiger charge is 2.11. The molecule has 0 unspecified atom stereocenters. The Balaban J connectivity index is 1.64. The summed E-state index contributed by atoms with van der Waals surface area (Å²) < 4.78 is 24.7. The zero-order valence-corrected chi connectivity index (χ0v) is 16.4. The van der Waals surface area contributed by atoms with Crippen molar-refractivity contribution in [3.63, 3.8) is 0 Å². The Hall–Kier alpha value is -4.27. The molecule has 0 spiro atoms. The standard InChI is InChI=1S/C22H18FN3O5/c1-30-21-11-15(9-10-20(21)31-14-17-5-2-3-8-19(17)23)13-24-25-22(27)16-6-4-7-18(12-16)26(28)29/h2-13H,14H2,1H3,(H,25,27)/b24-13+. The van der Waals surface area contributed by atoms with Gasteiger partial charge in [-0.2, -0.15) is 5.10 Å². The van der Waals surface area contributed by atoms with Crippen molar-refractivity contribution in [2.24, 2.45) is 5.10 Å². The number of ether oxygens (including phenoxy) is 2. The molecule has 3 aromatic carbocycles. The van der Waals surface area contributed by atoms with Gasteiger partial charge in [-0.3, -0.25) is 14.9 Å². The first-order valence-corrected chi connectivity index (χ1v) is 9.10. The predicted molar refractivity (Wildman–Crippen MR) is 112 cm³/mol. The molecule has 8 nitrogen and oxygen atoms in total. The van der Waals surface area contributed by atoms with Gasteiger partial charge in [0.2, 0.25) is 0 Å². The van der Waals surface area contributed by atoms with E-state index in [1.165, 1.54) is 37.6 Å². The third-order valence-electron chi connectivity index (χ3n) is 4.23. The van der Waals surface area contributed by atoms with Crippen molar-refractivity contribution < 1.29 is 23.6 Å². The fourth-order valence-corrected chi connectivity index (χ4v) is 2.65. The Morgan fingerprint density at radius 3 is 2.68 bits per heavy atom. The van der Waals surface area contributed by atoms with Crippen LogP contribution < -0.4 is 14.9 Å². The van der Waals surface area contributed by atoms with E-state index < -0.39 is 10.8 Å². The highest BCUT2D eigenvalue weighted by Crippen LogP contribution is 2.28. The fourth-order valence-electron chi connectivity index (χ4n) is 2.65. The van der Waals surface area contributed by atoms with Crippen LogP contribution in [-0.2, 0) is 6.61 Å². The number of non-ortho nitro benzene ring substituents is 1. The van der Waals surface area contributed by atoms with E-state index >= 15 is 0 Å². The molecule has 0 aliphatic heterocycles. The smallest absolute Gasteiger partial charge is 0.271 e. The number of hydrazone groups is 1. The molecule has 0 saturated heterocycles. The number of nitrogens with one attached hydrogen (secondary N) is 1. The molecule has 158 valence electrons. The number of amides is 1. The number of hydrogen-bond acceptors (Lipinski definition) is 6. The van der Waals surface area contributed by atoms with Crippen molar-refractivity contribution >= 4 is 17.8 Å². The predicted octanol–water partition coefficient (Wildman–Crippen LogP) is 4.09. The van der Waals surface area contributed by atoms with E-state index in [1.54, 1.807) is 36.4 Å². The summed E-state index contributed by atoms with van der Waals surface area (Å²) in [6.07, 6.45) is 1.39. The summed E-state index contributed by atoms with van der Waals surface area (Å²) in [5.41, 5.74) is 3.26. The minimum absolute atomic E-state index is 0.0374. The number of hydrogen-bond donors (Lipinski definition) is 1. The van der Waals surface area contributed by atoms with Crippen LogP contribution in [0.5, 0.6) is 11.5 Å². The molecule has 3 aromatic rings. The van der Waals surface area contributed by atoms with Crippen molar-refractivity contribution in [2.75, 3.05) is 7.11 Å². The van der Waals surface area contributed by atoms with Crippen molar-refractivity contribution in [1.82, 2.24) is 5.43 Å². The highest BCUT2D eigenvalue weighted by molar-refractivity contribution is 5.95. The molecular weight excluding hydrogens is 405 g/mol. The van der Waals surface area contributed by atoms with Gasteiger partial charge in [0.15, 0.2) is 11.5 Å². The number of methoxy groups -OCH3 is 1. The van der Waals surface area contributed by atoms with Crippen LogP contribution in [0.15, 0.2) is 71.8 Å².